The predicted molar refractivity (Wildman–Crippen MR) is 98.3 cm³/mol. The molecule has 1 rings (SSSR count). The maximum atomic E-state index is 11.9. The van der Waals surface area contributed by atoms with E-state index in [0.717, 1.165) is 0 Å². The predicted octanol–water partition coefficient (Wildman–Crippen LogP) is 2.74. The molecule has 146 valence electrons. The van der Waals surface area contributed by atoms with Crippen molar-refractivity contribution >= 4 is 17.9 Å². The smallest absolute Gasteiger partial charge is 0.413 e. The Morgan fingerprint density at radius 2 is 1.73 bits per heavy atom. The van der Waals surface area contributed by atoms with Gasteiger partial charge >= 0.3 is 12.1 Å². The molecule has 0 radical (unpaired) electrons. The standard InChI is InChI=1S/C18H29N3O5/c1-17(2,3)25-14(22)12-19-10-11-24-13-8-7-9-20-15(13)21-16(23)26-18(4,5)6/h7-9,19H,10-12H2,1-6H3,(H,20,21,23). The number of hydrogen-bond donors (Lipinski definition) is 2. The molecule has 1 aromatic heterocycles. The minimum absolute atomic E-state index is 0.0939. The summed E-state index contributed by atoms with van der Waals surface area (Å²) in [6, 6.07) is 3.39. The highest BCUT2D eigenvalue weighted by Crippen LogP contribution is 2.21. The first kappa shape index (κ1) is 21.7. The van der Waals surface area contributed by atoms with Gasteiger partial charge in [0, 0.05) is 12.7 Å². The van der Waals surface area contributed by atoms with Crippen LogP contribution in [0.4, 0.5) is 10.6 Å². The molecule has 0 spiro atoms. The number of nitrogens with one attached hydrogen (secondary N) is 2. The number of amides is 1. The summed E-state index contributed by atoms with van der Waals surface area (Å²) in [4.78, 5) is 27.5. The quantitative estimate of drug-likeness (QED) is 0.565. The van der Waals surface area contributed by atoms with Crippen molar-refractivity contribution in [1.29, 1.82) is 0 Å². The molecule has 1 aromatic rings. The van der Waals surface area contributed by atoms with Crippen molar-refractivity contribution in [1.82, 2.24) is 10.3 Å². The average molecular weight is 367 g/mol. The minimum Gasteiger partial charge on any atom is -0.488 e. The molecule has 0 bridgehead atoms. The molecule has 0 aliphatic carbocycles. The lowest BCUT2D eigenvalue weighted by Crippen LogP contribution is -2.33. The van der Waals surface area contributed by atoms with Crippen LogP contribution < -0.4 is 15.4 Å². The van der Waals surface area contributed by atoms with Crippen molar-refractivity contribution in [3.05, 3.63) is 18.3 Å². The van der Waals surface area contributed by atoms with Gasteiger partial charge < -0.3 is 19.5 Å². The fourth-order valence-corrected chi connectivity index (χ4v) is 1.80. The van der Waals surface area contributed by atoms with Gasteiger partial charge in [0.05, 0.1) is 6.54 Å². The second kappa shape index (κ2) is 9.38. The number of aromatic nitrogens is 1. The molecule has 0 saturated heterocycles. The lowest BCUT2D eigenvalue weighted by atomic mass is 10.2. The molecule has 1 heterocycles. The van der Waals surface area contributed by atoms with E-state index < -0.39 is 17.3 Å². The van der Waals surface area contributed by atoms with Crippen molar-refractivity contribution < 1.29 is 23.8 Å². The van der Waals surface area contributed by atoms with Crippen molar-refractivity contribution in [2.24, 2.45) is 0 Å². The van der Waals surface area contributed by atoms with Gasteiger partial charge in [-0.1, -0.05) is 0 Å². The van der Waals surface area contributed by atoms with Gasteiger partial charge in [-0.3, -0.25) is 10.1 Å². The summed E-state index contributed by atoms with van der Waals surface area (Å²) in [5.41, 5.74) is -1.11. The normalized spacial score (nSPS) is 11.6. The Morgan fingerprint density at radius 1 is 1.08 bits per heavy atom. The fraction of sp³-hybridized carbons (Fsp3) is 0.611. The highest BCUT2D eigenvalue weighted by molar-refractivity contribution is 5.85. The zero-order valence-corrected chi connectivity index (χ0v) is 16.3. The monoisotopic (exact) mass is 367 g/mol. The van der Waals surface area contributed by atoms with E-state index in [1.165, 1.54) is 0 Å². The molecule has 8 heteroatoms. The molecule has 0 aliphatic heterocycles. The van der Waals surface area contributed by atoms with Crippen LogP contribution >= 0.6 is 0 Å². The maximum Gasteiger partial charge on any atom is 0.413 e. The number of esters is 1. The molecule has 0 fully saturated rings. The molecule has 0 saturated carbocycles. The van der Waals surface area contributed by atoms with Gasteiger partial charge in [-0.25, -0.2) is 9.78 Å². The average Bonchev–Trinajstić information content (AvgIpc) is 2.44. The fourth-order valence-electron chi connectivity index (χ4n) is 1.80. The molecular formula is C18H29N3O5. The molecule has 1 amide bonds. The molecule has 0 aliphatic rings. The summed E-state index contributed by atoms with van der Waals surface area (Å²) in [6.07, 6.45) is 0.935. The number of carbonyl (C=O) groups is 2. The van der Waals surface area contributed by atoms with Gasteiger partial charge in [-0.15, -0.1) is 0 Å². The van der Waals surface area contributed by atoms with E-state index in [2.05, 4.69) is 15.6 Å². The summed E-state index contributed by atoms with van der Waals surface area (Å²) in [6.45, 7) is 11.6. The van der Waals surface area contributed by atoms with Crippen LogP contribution in [0.5, 0.6) is 5.75 Å². The van der Waals surface area contributed by atoms with Crippen molar-refractivity contribution in [2.45, 2.75) is 52.7 Å². The van der Waals surface area contributed by atoms with Crippen molar-refractivity contribution in [3.63, 3.8) is 0 Å². The van der Waals surface area contributed by atoms with Crippen LogP contribution in [0, 0.1) is 0 Å². The number of rotatable bonds is 7. The van der Waals surface area contributed by atoms with E-state index in [1.54, 1.807) is 39.1 Å². The SMILES string of the molecule is CC(C)(C)OC(=O)CNCCOc1cccnc1NC(=O)OC(C)(C)C. The Bertz CT molecular complexity index is 606. The van der Waals surface area contributed by atoms with Gasteiger partial charge in [0.2, 0.25) is 0 Å². The Balaban J connectivity index is 2.42. The Kier molecular flexibility index (Phi) is 7.82. The van der Waals surface area contributed by atoms with Crippen LogP contribution in [0.1, 0.15) is 41.5 Å². The summed E-state index contributed by atoms with van der Waals surface area (Å²) < 4.78 is 16.0. The van der Waals surface area contributed by atoms with Gasteiger partial charge in [0.25, 0.3) is 0 Å². The van der Waals surface area contributed by atoms with Crippen LogP contribution in [-0.2, 0) is 14.3 Å². The highest BCUT2D eigenvalue weighted by Gasteiger charge is 2.18. The molecule has 26 heavy (non-hydrogen) atoms. The van der Waals surface area contributed by atoms with E-state index >= 15 is 0 Å². The van der Waals surface area contributed by atoms with E-state index in [9.17, 15) is 9.59 Å². The lowest BCUT2D eigenvalue weighted by Gasteiger charge is -2.20. The Morgan fingerprint density at radius 3 is 2.35 bits per heavy atom. The topological polar surface area (TPSA) is 98.8 Å². The van der Waals surface area contributed by atoms with Gasteiger partial charge in [0.1, 0.15) is 17.8 Å². The molecule has 0 unspecified atom stereocenters. The van der Waals surface area contributed by atoms with Crippen LogP contribution in [0.15, 0.2) is 18.3 Å². The van der Waals surface area contributed by atoms with Crippen LogP contribution in [0.3, 0.4) is 0 Å². The van der Waals surface area contributed by atoms with Crippen LogP contribution in [-0.4, -0.2) is 47.9 Å². The largest absolute Gasteiger partial charge is 0.488 e. The molecule has 0 aromatic carbocycles. The number of pyridine rings is 1. The minimum atomic E-state index is -0.607. The molecule has 8 nitrogen and oxygen atoms in total. The first-order valence-electron chi connectivity index (χ1n) is 8.47. The van der Waals surface area contributed by atoms with E-state index in [-0.39, 0.29) is 24.9 Å². The van der Waals surface area contributed by atoms with Crippen LogP contribution in [0.2, 0.25) is 0 Å². The number of hydrogen-bond acceptors (Lipinski definition) is 7. The van der Waals surface area contributed by atoms with Gasteiger partial charge in [-0.2, -0.15) is 0 Å². The maximum absolute atomic E-state index is 11.9. The van der Waals surface area contributed by atoms with Crippen molar-refractivity contribution in [2.75, 3.05) is 25.0 Å². The Labute approximate surface area is 154 Å². The third kappa shape index (κ3) is 9.83. The zero-order valence-electron chi connectivity index (χ0n) is 16.3. The van der Waals surface area contributed by atoms with Crippen LogP contribution in [0.25, 0.3) is 0 Å². The number of carbonyl (C=O) groups excluding carboxylic acids is 2. The lowest BCUT2D eigenvalue weighted by molar-refractivity contribution is -0.153. The number of ether oxygens (including phenoxy) is 3. The van der Waals surface area contributed by atoms with Crippen molar-refractivity contribution in [3.8, 4) is 5.75 Å². The summed E-state index contributed by atoms with van der Waals surface area (Å²) in [7, 11) is 0. The van der Waals surface area contributed by atoms with E-state index in [4.69, 9.17) is 14.2 Å². The summed E-state index contributed by atoms with van der Waals surface area (Å²) in [5.74, 6) is 0.359. The number of nitrogens with zero attached hydrogens (tertiary/aromatic N) is 1. The molecular weight excluding hydrogens is 338 g/mol. The Hall–Kier alpha value is -2.35. The third-order valence-electron chi connectivity index (χ3n) is 2.62. The second-order valence-electron chi connectivity index (χ2n) is 7.59. The van der Waals surface area contributed by atoms with Gasteiger partial charge in [0.15, 0.2) is 11.6 Å². The van der Waals surface area contributed by atoms with E-state index in [1.807, 2.05) is 20.8 Å². The molecule has 0 atom stereocenters. The number of anilines is 1. The molecule has 2 N–H and O–H groups in total. The zero-order chi connectivity index (χ0) is 19.8. The summed E-state index contributed by atoms with van der Waals surface area (Å²) >= 11 is 0. The third-order valence-corrected chi connectivity index (χ3v) is 2.62. The highest BCUT2D eigenvalue weighted by atomic mass is 16.6. The second-order valence-corrected chi connectivity index (χ2v) is 7.59. The van der Waals surface area contributed by atoms with E-state index in [0.29, 0.717) is 12.3 Å². The summed E-state index contributed by atoms with van der Waals surface area (Å²) in [5, 5.41) is 5.50. The van der Waals surface area contributed by atoms with Gasteiger partial charge in [-0.05, 0) is 53.7 Å². The first-order chi connectivity index (χ1) is 12.0. The first-order valence-corrected chi connectivity index (χ1v) is 8.47.